The molecule has 2 aliphatic carbocycles. The van der Waals surface area contributed by atoms with Gasteiger partial charge in [0.25, 0.3) is 0 Å². The molecule has 2 heteroatoms. The number of fused-ring (bicyclic) bond motifs is 1. The van der Waals surface area contributed by atoms with Gasteiger partial charge < -0.3 is 5.73 Å². The molecule has 0 aromatic heterocycles. The normalized spacial score (nSPS) is 48.5. The molecular weight excluding hydrogens is 170 g/mol. The highest BCUT2D eigenvalue weighted by atomic mass is 35.5. The Labute approximate surface area is 79.7 Å². The van der Waals surface area contributed by atoms with Gasteiger partial charge in [-0.2, -0.15) is 0 Å². The van der Waals surface area contributed by atoms with Gasteiger partial charge in [-0.25, -0.2) is 0 Å². The second kappa shape index (κ2) is 2.88. The van der Waals surface area contributed by atoms with E-state index in [-0.39, 0.29) is 10.4 Å². The molecule has 70 valence electrons. The highest BCUT2D eigenvalue weighted by Gasteiger charge is 2.49. The van der Waals surface area contributed by atoms with E-state index in [1.54, 1.807) is 0 Å². The van der Waals surface area contributed by atoms with Crippen LogP contribution >= 0.6 is 11.6 Å². The maximum Gasteiger partial charge on any atom is 0.0625 e. The molecule has 0 heterocycles. The molecule has 2 fully saturated rings. The van der Waals surface area contributed by atoms with Crippen molar-refractivity contribution in [2.24, 2.45) is 5.73 Å². The van der Waals surface area contributed by atoms with Crippen LogP contribution in [0.15, 0.2) is 0 Å². The summed E-state index contributed by atoms with van der Waals surface area (Å²) in [6.07, 6.45) is 9.71. The van der Waals surface area contributed by atoms with Gasteiger partial charge in [0, 0.05) is 5.54 Å². The molecule has 0 aromatic rings. The van der Waals surface area contributed by atoms with Crippen LogP contribution in [0.4, 0.5) is 0 Å². The first-order valence-electron chi connectivity index (χ1n) is 5.14. The summed E-state index contributed by atoms with van der Waals surface area (Å²) in [6.45, 7) is 0. The highest BCUT2D eigenvalue weighted by Crippen LogP contribution is 2.49. The van der Waals surface area contributed by atoms with Gasteiger partial charge in [0.05, 0.1) is 4.87 Å². The van der Waals surface area contributed by atoms with Gasteiger partial charge in [0.15, 0.2) is 0 Å². The molecule has 12 heavy (non-hydrogen) atoms. The monoisotopic (exact) mass is 187 g/mol. The van der Waals surface area contributed by atoms with E-state index in [1.807, 2.05) is 0 Å². The Kier molecular flexibility index (Phi) is 2.12. The molecule has 0 bridgehead atoms. The second-order valence-electron chi connectivity index (χ2n) is 4.54. The van der Waals surface area contributed by atoms with E-state index >= 15 is 0 Å². The Bertz CT molecular complexity index is 147. The Morgan fingerprint density at radius 3 is 1.67 bits per heavy atom. The van der Waals surface area contributed by atoms with Crippen LogP contribution in [0, 0.1) is 0 Å². The van der Waals surface area contributed by atoms with Gasteiger partial charge in [-0.15, -0.1) is 11.6 Å². The summed E-state index contributed by atoms with van der Waals surface area (Å²) in [6, 6.07) is 0. The summed E-state index contributed by atoms with van der Waals surface area (Å²) < 4.78 is 0. The molecule has 0 atom stereocenters. The van der Waals surface area contributed by atoms with Gasteiger partial charge in [0.1, 0.15) is 0 Å². The number of alkyl halides is 1. The third-order valence-electron chi connectivity index (χ3n) is 3.78. The fraction of sp³-hybridized carbons (Fsp3) is 1.00. The van der Waals surface area contributed by atoms with Crippen LogP contribution in [0.3, 0.4) is 0 Å². The van der Waals surface area contributed by atoms with E-state index in [4.69, 9.17) is 17.3 Å². The van der Waals surface area contributed by atoms with E-state index < -0.39 is 0 Å². The van der Waals surface area contributed by atoms with E-state index in [0.29, 0.717) is 0 Å². The predicted molar refractivity (Wildman–Crippen MR) is 52.4 cm³/mol. The lowest BCUT2D eigenvalue weighted by Crippen LogP contribution is -2.60. The zero-order chi connectivity index (χ0) is 8.66. The summed E-state index contributed by atoms with van der Waals surface area (Å²) in [5, 5.41) is 0. The number of halogens is 1. The minimum absolute atomic E-state index is 0.0228. The first-order valence-corrected chi connectivity index (χ1v) is 5.52. The number of nitrogens with two attached hydrogens (primary N) is 1. The minimum atomic E-state index is -0.0382. The lowest BCUT2D eigenvalue weighted by atomic mass is 9.65. The summed E-state index contributed by atoms with van der Waals surface area (Å²) in [5.41, 5.74) is 6.34. The van der Waals surface area contributed by atoms with Crippen molar-refractivity contribution in [3.05, 3.63) is 0 Å². The molecule has 2 aliphatic rings. The zero-order valence-corrected chi connectivity index (χ0v) is 8.37. The van der Waals surface area contributed by atoms with Crippen molar-refractivity contribution in [2.75, 3.05) is 0 Å². The van der Waals surface area contributed by atoms with Gasteiger partial charge >= 0.3 is 0 Å². The number of hydrogen-bond donors (Lipinski definition) is 1. The number of rotatable bonds is 0. The summed E-state index contributed by atoms with van der Waals surface area (Å²) >= 11 is 6.59. The van der Waals surface area contributed by atoms with Gasteiger partial charge in [0.2, 0.25) is 0 Å². The van der Waals surface area contributed by atoms with Crippen LogP contribution in [0.5, 0.6) is 0 Å². The summed E-state index contributed by atoms with van der Waals surface area (Å²) in [4.78, 5) is -0.0382. The van der Waals surface area contributed by atoms with Crippen molar-refractivity contribution in [3.8, 4) is 0 Å². The molecule has 0 radical (unpaired) electrons. The molecule has 0 saturated heterocycles. The standard InChI is InChI=1S/C10H18ClN/c11-9-5-1-3-7-10(9,12)8-4-2-6-9/h1-8,12H2. The SMILES string of the molecule is NC12CCCCC1(Cl)CCCC2. The maximum absolute atomic E-state index is 6.59. The van der Waals surface area contributed by atoms with Gasteiger partial charge in [-0.05, 0) is 25.7 Å². The third kappa shape index (κ3) is 1.18. The fourth-order valence-corrected chi connectivity index (χ4v) is 3.34. The Morgan fingerprint density at radius 2 is 1.25 bits per heavy atom. The van der Waals surface area contributed by atoms with E-state index in [1.165, 1.54) is 25.7 Å². The number of hydrogen-bond acceptors (Lipinski definition) is 1. The molecule has 0 aliphatic heterocycles. The third-order valence-corrected chi connectivity index (χ3v) is 4.54. The lowest BCUT2D eigenvalue weighted by molar-refractivity contribution is 0.155. The largest absolute Gasteiger partial charge is 0.324 e. The van der Waals surface area contributed by atoms with Crippen LogP contribution in [0.2, 0.25) is 0 Å². The van der Waals surface area contributed by atoms with Crippen LogP contribution in [0.1, 0.15) is 51.4 Å². The summed E-state index contributed by atoms with van der Waals surface area (Å²) in [5.74, 6) is 0. The summed E-state index contributed by atoms with van der Waals surface area (Å²) in [7, 11) is 0. The Hall–Kier alpha value is 0.250. The maximum atomic E-state index is 6.59. The molecule has 0 aromatic carbocycles. The first-order chi connectivity index (χ1) is 5.66. The Morgan fingerprint density at radius 1 is 0.833 bits per heavy atom. The van der Waals surface area contributed by atoms with Crippen molar-refractivity contribution >= 4 is 11.6 Å². The highest BCUT2D eigenvalue weighted by molar-refractivity contribution is 6.25. The van der Waals surface area contributed by atoms with Crippen LogP contribution < -0.4 is 5.73 Å². The van der Waals surface area contributed by atoms with Crippen molar-refractivity contribution < 1.29 is 0 Å². The predicted octanol–water partition coefficient (Wildman–Crippen LogP) is 2.81. The van der Waals surface area contributed by atoms with Crippen LogP contribution in [0.25, 0.3) is 0 Å². The smallest absolute Gasteiger partial charge is 0.0625 e. The molecule has 2 N–H and O–H groups in total. The molecule has 2 saturated carbocycles. The molecule has 2 rings (SSSR count). The van der Waals surface area contributed by atoms with E-state index in [0.717, 1.165) is 25.7 Å². The van der Waals surface area contributed by atoms with Crippen LogP contribution in [-0.4, -0.2) is 10.4 Å². The van der Waals surface area contributed by atoms with Crippen molar-refractivity contribution in [1.82, 2.24) is 0 Å². The fourth-order valence-electron chi connectivity index (χ4n) is 2.89. The molecule has 0 unspecified atom stereocenters. The van der Waals surface area contributed by atoms with Crippen molar-refractivity contribution in [1.29, 1.82) is 0 Å². The molecule has 0 amide bonds. The minimum Gasteiger partial charge on any atom is -0.324 e. The van der Waals surface area contributed by atoms with E-state index in [9.17, 15) is 0 Å². The van der Waals surface area contributed by atoms with Crippen molar-refractivity contribution in [2.45, 2.75) is 61.8 Å². The van der Waals surface area contributed by atoms with Gasteiger partial charge in [-0.3, -0.25) is 0 Å². The average molecular weight is 188 g/mol. The molecular formula is C10H18ClN. The topological polar surface area (TPSA) is 26.0 Å². The average Bonchev–Trinajstić information content (AvgIpc) is 2.05. The van der Waals surface area contributed by atoms with Crippen LogP contribution in [-0.2, 0) is 0 Å². The van der Waals surface area contributed by atoms with Gasteiger partial charge in [-0.1, -0.05) is 25.7 Å². The Balaban J connectivity index is 2.20. The molecule has 0 spiro atoms. The second-order valence-corrected chi connectivity index (χ2v) is 5.26. The zero-order valence-electron chi connectivity index (χ0n) is 7.61. The van der Waals surface area contributed by atoms with E-state index in [2.05, 4.69) is 0 Å². The first kappa shape index (κ1) is 8.83. The quantitative estimate of drug-likeness (QED) is 0.580. The lowest BCUT2D eigenvalue weighted by Gasteiger charge is -2.51. The van der Waals surface area contributed by atoms with Crippen molar-refractivity contribution in [3.63, 3.8) is 0 Å². The molecule has 1 nitrogen and oxygen atoms in total.